The first-order chi connectivity index (χ1) is 8.86. The van der Waals surface area contributed by atoms with Crippen molar-refractivity contribution in [1.82, 2.24) is 9.97 Å². The highest BCUT2D eigenvalue weighted by Crippen LogP contribution is 2.33. The number of benzene rings is 1. The minimum Gasteiger partial charge on any atom is -0.234 e. The fourth-order valence-electron chi connectivity index (χ4n) is 1.59. The second-order valence-electron chi connectivity index (χ2n) is 3.83. The van der Waals surface area contributed by atoms with E-state index in [1.165, 1.54) is 11.1 Å². The van der Waals surface area contributed by atoms with Crippen LogP contribution in [-0.2, 0) is 0 Å². The van der Waals surface area contributed by atoms with Gasteiger partial charge in [0.15, 0.2) is 4.34 Å². The second kappa shape index (κ2) is 5.38. The van der Waals surface area contributed by atoms with Crippen molar-refractivity contribution < 1.29 is 0 Å². The highest BCUT2D eigenvalue weighted by molar-refractivity contribution is 8.01. The lowest BCUT2D eigenvalue weighted by atomic mass is 10.3. The van der Waals surface area contributed by atoms with E-state index < -0.39 is 0 Å². The lowest BCUT2D eigenvalue weighted by Gasteiger charge is -1.91. The zero-order valence-electron chi connectivity index (χ0n) is 9.92. The number of nitrogens with zero attached hydrogens (tertiary/aromatic N) is 2. The minimum atomic E-state index is 1.01. The van der Waals surface area contributed by atoms with E-state index in [1.54, 1.807) is 22.7 Å². The van der Waals surface area contributed by atoms with Gasteiger partial charge < -0.3 is 0 Å². The number of hydrogen-bond donors (Lipinski definition) is 0. The summed E-state index contributed by atoms with van der Waals surface area (Å²) in [4.78, 5) is 9.27. The first kappa shape index (κ1) is 12.1. The number of thioether (sulfide) groups is 1. The molecule has 0 saturated carbocycles. The molecule has 2 nitrogen and oxygen atoms in total. The van der Waals surface area contributed by atoms with Crippen molar-refractivity contribution in [3.8, 4) is 10.7 Å². The highest BCUT2D eigenvalue weighted by atomic mass is 32.2. The van der Waals surface area contributed by atoms with Gasteiger partial charge in [0.1, 0.15) is 10.7 Å². The van der Waals surface area contributed by atoms with Gasteiger partial charge in [0, 0.05) is 11.1 Å². The third-order valence-electron chi connectivity index (χ3n) is 2.43. The van der Waals surface area contributed by atoms with E-state index in [0.29, 0.717) is 0 Å². The molecule has 0 aliphatic heterocycles. The zero-order chi connectivity index (χ0) is 12.4. The molecule has 0 unspecified atom stereocenters. The standard InChI is InChI=1S/C13H12N2S3/c1-2-7-16-13-15-10(8-17-13)12-14-9-5-3-4-6-11(9)18-12/h3-6,8H,2,7H2,1H3. The predicted octanol–water partition coefficient (Wildman–Crippen LogP) is 4.92. The molecule has 18 heavy (non-hydrogen) atoms. The highest BCUT2D eigenvalue weighted by Gasteiger charge is 2.09. The van der Waals surface area contributed by atoms with E-state index in [0.717, 1.165) is 26.3 Å². The van der Waals surface area contributed by atoms with Crippen molar-refractivity contribution in [1.29, 1.82) is 0 Å². The average molecular weight is 292 g/mol. The Morgan fingerprint density at radius 1 is 1.22 bits per heavy atom. The molecular formula is C13H12N2S3. The lowest BCUT2D eigenvalue weighted by molar-refractivity contribution is 1.10. The maximum absolute atomic E-state index is 4.64. The van der Waals surface area contributed by atoms with Crippen LogP contribution in [-0.4, -0.2) is 15.7 Å². The normalized spacial score (nSPS) is 11.2. The van der Waals surface area contributed by atoms with Crippen LogP contribution in [0.5, 0.6) is 0 Å². The molecule has 0 amide bonds. The number of fused-ring (bicyclic) bond motifs is 1. The molecule has 1 aromatic carbocycles. The van der Waals surface area contributed by atoms with E-state index in [9.17, 15) is 0 Å². The Labute approximate surface area is 118 Å². The van der Waals surface area contributed by atoms with Crippen molar-refractivity contribution in [2.24, 2.45) is 0 Å². The molecule has 5 heteroatoms. The third-order valence-corrected chi connectivity index (χ3v) is 5.71. The van der Waals surface area contributed by atoms with Gasteiger partial charge in [-0.15, -0.1) is 22.7 Å². The summed E-state index contributed by atoms with van der Waals surface area (Å²) in [6.07, 6.45) is 1.18. The molecule has 0 bridgehead atoms. The molecular weight excluding hydrogens is 280 g/mol. The van der Waals surface area contributed by atoms with Gasteiger partial charge in [-0.05, 0) is 18.6 Å². The monoisotopic (exact) mass is 292 g/mol. The Bertz CT molecular complexity index is 624. The number of aromatic nitrogens is 2. The first-order valence-electron chi connectivity index (χ1n) is 5.81. The molecule has 3 aromatic rings. The fourth-order valence-corrected chi connectivity index (χ4v) is 4.33. The molecule has 2 heterocycles. The largest absolute Gasteiger partial charge is 0.234 e. The van der Waals surface area contributed by atoms with Crippen molar-refractivity contribution >= 4 is 44.7 Å². The van der Waals surface area contributed by atoms with E-state index in [-0.39, 0.29) is 0 Å². The van der Waals surface area contributed by atoms with Crippen LogP contribution in [0.2, 0.25) is 0 Å². The van der Waals surface area contributed by atoms with Gasteiger partial charge in [-0.2, -0.15) is 0 Å². The number of thiazole rings is 2. The van der Waals surface area contributed by atoms with Crippen molar-refractivity contribution in [2.45, 2.75) is 17.7 Å². The fraction of sp³-hybridized carbons (Fsp3) is 0.231. The Kier molecular flexibility index (Phi) is 3.63. The van der Waals surface area contributed by atoms with Crippen LogP contribution >= 0.6 is 34.4 Å². The summed E-state index contributed by atoms with van der Waals surface area (Å²) in [7, 11) is 0. The molecule has 3 rings (SSSR count). The molecule has 0 fully saturated rings. The quantitative estimate of drug-likeness (QED) is 0.638. The average Bonchev–Trinajstić information content (AvgIpc) is 3.02. The van der Waals surface area contributed by atoms with Crippen molar-refractivity contribution in [3.05, 3.63) is 29.6 Å². The van der Waals surface area contributed by atoms with E-state index in [2.05, 4.69) is 34.4 Å². The Morgan fingerprint density at radius 2 is 2.11 bits per heavy atom. The minimum absolute atomic E-state index is 1.01. The summed E-state index contributed by atoms with van der Waals surface area (Å²) in [5, 5.41) is 3.13. The lowest BCUT2D eigenvalue weighted by Crippen LogP contribution is -1.77. The Morgan fingerprint density at radius 3 is 2.94 bits per heavy atom. The molecule has 0 spiro atoms. The molecule has 0 radical (unpaired) electrons. The topological polar surface area (TPSA) is 25.8 Å². The molecule has 0 aliphatic rings. The maximum Gasteiger partial charge on any atom is 0.150 e. The van der Waals surface area contributed by atoms with Crippen molar-refractivity contribution in [2.75, 3.05) is 5.75 Å². The molecule has 0 saturated heterocycles. The third kappa shape index (κ3) is 2.43. The van der Waals surface area contributed by atoms with Crippen LogP contribution in [0.4, 0.5) is 0 Å². The second-order valence-corrected chi connectivity index (χ2v) is 7.06. The van der Waals surface area contributed by atoms with E-state index >= 15 is 0 Å². The summed E-state index contributed by atoms with van der Waals surface area (Å²) in [6.45, 7) is 2.19. The molecule has 92 valence electrons. The van der Waals surface area contributed by atoms with Gasteiger partial charge in [0.05, 0.1) is 10.2 Å². The summed E-state index contributed by atoms with van der Waals surface area (Å²) in [5.74, 6) is 1.13. The van der Waals surface area contributed by atoms with Crippen molar-refractivity contribution in [3.63, 3.8) is 0 Å². The van der Waals surface area contributed by atoms with Crippen LogP contribution in [0.1, 0.15) is 13.3 Å². The van der Waals surface area contributed by atoms with E-state index in [4.69, 9.17) is 0 Å². The summed E-state index contributed by atoms with van der Waals surface area (Å²) < 4.78 is 2.37. The van der Waals surface area contributed by atoms with Gasteiger partial charge in [0.25, 0.3) is 0 Å². The zero-order valence-corrected chi connectivity index (χ0v) is 12.4. The molecule has 0 atom stereocenters. The van der Waals surface area contributed by atoms with Gasteiger partial charge in [-0.1, -0.05) is 30.8 Å². The van der Waals surface area contributed by atoms with E-state index in [1.807, 2.05) is 23.9 Å². The van der Waals surface area contributed by atoms with Crippen LogP contribution in [0.15, 0.2) is 34.0 Å². The van der Waals surface area contributed by atoms with Crippen LogP contribution in [0.3, 0.4) is 0 Å². The van der Waals surface area contributed by atoms with Gasteiger partial charge in [0.2, 0.25) is 0 Å². The Balaban J connectivity index is 1.91. The van der Waals surface area contributed by atoms with Gasteiger partial charge >= 0.3 is 0 Å². The smallest absolute Gasteiger partial charge is 0.150 e. The van der Waals surface area contributed by atoms with Gasteiger partial charge in [-0.3, -0.25) is 0 Å². The molecule has 0 N–H and O–H groups in total. The Hall–Kier alpha value is -0.910. The van der Waals surface area contributed by atoms with Crippen LogP contribution in [0.25, 0.3) is 20.9 Å². The van der Waals surface area contributed by atoms with Crippen LogP contribution < -0.4 is 0 Å². The number of para-hydroxylation sites is 1. The summed E-state index contributed by atoms with van der Waals surface area (Å²) in [5.41, 5.74) is 2.08. The number of hydrogen-bond acceptors (Lipinski definition) is 5. The number of rotatable bonds is 4. The predicted molar refractivity (Wildman–Crippen MR) is 81.7 cm³/mol. The summed E-state index contributed by atoms with van der Waals surface area (Å²) in [6, 6.07) is 8.23. The molecule has 0 aliphatic carbocycles. The summed E-state index contributed by atoms with van der Waals surface area (Å²) >= 11 is 5.25. The molecule has 2 aromatic heterocycles. The SMILES string of the molecule is CCCSc1nc(-c2nc3ccccc3s2)cs1. The maximum atomic E-state index is 4.64. The first-order valence-corrected chi connectivity index (χ1v) is 8.49. The van der Waals surface area contributed by atoms with Gasteiger partial charge in [-0.25, -0.2) is 9.97 Å². The van der Waals surface area contributed by atoms with Crippen LogP contribution in [0, 0.1) is 0 Å².